The number of nitrogens with one attached hydrogen (secondary N) is 1. The third kappa shape index (κ3) is 4.08. The van der Waals surface area contributed by atoms with Crippen LogP contribution in [0.2, 0.25) is 0 Å². The fourth-order valence-corrected chi connectivity index (χ4v) is 2.75. The van der Waals surface area contributed by atoms with Crippen LogP contribution in [-0.4, -0.2) is 17.6 Å². The Morgan fingerprint density at radius 3 is 2.57 bits per heavy atom. The molecule has 0 saturated carbocycles. The zero-order valence-corrected chi connectivity index (χ0v) is 12.8. The summed E-state index contributed by atoms with van der Waals surface area (Å²) in [4.78, 5) is 12.0. The highest BCUT2D eigenvalue weighted by Crippen LogP contribution is 2.32. The maximum Gasteiger partial charge on any atom is 0.417 e. The molecule has 0 radical (unpaired) electrons. The number of thiophene rings is 1. The van der Waals surface area contributed by atoms with Crippen molar-refractivity contribution >= 4 is 17.2 Å². The Hall–Kier alpha value is -1.93. The molecule has 0 aliphatic rings. The SMILES string of the molecule is CC(O)(CNC(=O)c1ccc(F)cc1C(F)(F)F)c1ccsc1. The van der Waals surface area contributed by atoms with E-state index in [0.29, 0.717) is 5.56 Å². The van der Waals surface area contributed by atoms with Crippen LogP contribution >= 0.6 is 11.3 Å². The van der Waals surface area contributed by atoms with Crippen molar-refractivity contribution in [1.82, 2.24) is 5.32 Å². The molecule has 0 aliphatic heterocycles. The Morgan fingerprint density at radius 1 is 1.30 bits per heavy atom. The second-order valence-corrected chi connectivity index (χ2v) is 5.94. The average molecular weight is 347 g/mol. The Bertz CT molecular complexity index is 696. The van der Waals surface area contributed by atoms with Crippen LogP contribution in [0.4, 0.5) is 17.6 Å². The first-order valence-electron chi connectivity index (χ1n) is 6.51. The summed E-state index contributed by atoms with van der Waals surface area (Å²) >= 11 is 1.34. The van der Waals surface area contributed by atoms with Crippen LogP contribution in [0.3, 0.4) is 0 Å². The van der Waals surface area contributed by atoms with Gasteiger partial charge in [-0.3, -0.25) is 4.79 Å². The van der Waals surface area contributed by atoms with E-state index in [1.165, 1.54) is 18.3 Å². The van der Waals surface area contributed by atoms with Crippen LogP contribution < -0.4 is 5.32 Å². The Labute approximate surface area is 133 Å². The molecule has 23 heavy (non-hydrogen) atoms. The molecule has 0 spiro atoms. The van der Waals surface area contributed by atoms with Crippen LogP contribution in [0.5, 0.6) is 0 Å². The molecule has 2 aromatic rings. The van der Waals surface area contributed by atoms with Gasteiger partial charge in [-0.25, -0.2) is 4.39 Å². The number of carbonyl (C=O) groups excluding carboxylic acids is 1. The molecule has 1 amide bonds. The molecule has 2 N–H and O–H groups in total. The predicted octanol–water partition coefficient (Wildman–Crippen LogP) is 3.54. The fourth-order valence-electron chi connectivity index (χ4n) is 1.97. The number of benzene rings is 1. The first-order chi connectivity index (χ1) is 10.6. The van der Waals surface area contributed by atoms with Gasteiger partial charge in [0, 0.05) is 0 Å². The number of alkyl halides is 3. The summed E-state index contributed by atoms with van der Waals surface area (Å²) in [5.74, 6) is -2.12. The Kier molecular flexibility index (Phi) is 4.76. The van der Waals surface area contributed by atoms with Gasteiger partial charge in [-0.2, -0.15) is 24.5 Å². The number of carbonyl (C=O) groups is 1. The number of hydrogen-bond acceptors (Lipinski definition) is 3. The quantitative estimate of drug-likeness (QED) is 0.831. The predicted molar refractivity (Wildman–Crippen MR) is 77.6 cm³/mol. The summed E-state index contributed by atoms with van der Waals surface area (Å²) < 4.78 is 51.7. The summed E-state index contributed by atoms with van der Waals surface area (Å²) in [5.41, 5.74) is -2.93. The van der Waals surface area contributed by atoms with Crippen molar-refractivity contribution in [3.8, 4) is 0 Å². The molecular formula is C15H13F4NO2S. The van der Waals surface area contributed by atoms with E-state index in [-0.39, 0.29) is 12.6 Å². The van der Waals surface area contributed by atoms with Crippen molar-refractivity contribution in [1.29, 1.82) is 0 Å². The van der Waals surface area contributed by atoms with Crippen LogP contribution in [-0.2, 0) is 11.8 Å². The average Bonchev–Trinajstić information content (AvgIpc) is 2.99. The van der Waals surface area contributed by atoms with E-state index in [2.05, 4.69) is 5.32 Å². The molecule has 1 aromatic heterocycles. The van der Waals surface area contributed by atoms with Crippen molar-refractivity contribution < 1.29 is 27.5 Å². The number of amides is 1. The lowest BCUT2D eigenvalue weighted by atomic mass is 9.99. The van der Waals surface area contributed by atoms with Crippen molar-refractivity contribution in [3.05, 3.63) is 57.5 Å². The molecule has 2 rings (SSSR count). The number of hydrogen-bond donors (Lipinski definition) is 2. The third-order valence-corrected chi connectivity index (χ3v) is 3.95. The van der Waals surface area contributed by atoms with E-state index in [0.717, 1.165) is 12.1 Å². The number of rotatable bonds is 4. The fraction of sp³-hybridized carbons (Fsp3) is 0.267. The van der Waals surface area contributed by atoms with E-state index in [9.17, 15) is 27.5 Å². The summed E-state index contributed by atoms with van der Waals surface area (Å²) in [6, 6.07) is 3.47. The molecule has 1 unspecified atom stereocenters. The van der Waals surface area contributed by atoms with Crippen molar-refractivity contribution in [3.63, 3.8) is 0 Å². The van der Waals surface area contributed by atoms with Crippen molar-refractivity contribution in [2.45, 2.75) is 18.7 Å². The van der Waals surface area contributed by atoms with Crippen LogP contribution in [0.15, 0.2) is 35.0 Å². The van der Waals surface area contributed by atoms with E-state index < -0.39 is 34.6 Å². The van der Waals surface area contributed by atoms with Crippen molar-refractivity contribution in [2.75, 3.05) is 6.54 Å². The summed E-state index contributed by atoms with van der Waals surface area (Å²) in [6.45, 7) is 1.15. The minimum Gasteiger partial charge on any atom is -0.384 e. The molecule has 8 heteroatoms. The molecule has 0 bridgehead atoms. The molecule has 1 atom stereocenters. The molecule has 0 aliphatic carbocycles. The second-order valence-electron chi connectivity index (χ2n) is 5.16. The minimum absolute atomic E-state index is 0.270. The maximum absolute atomic E-state index is 13.0. The molecule has 1 heterocycles. The van der Waals surface area contributed by atoms with Gasteiger partial charge >= 0.3 is 6.18 Å². The van der Waals surface area contributed by atoms with E-state index in [1.807, 2.05) is 0 Å². The van der Waals surface area contributed by atoms with E-state index >= 15 is 0 Å². The smallest absolute Gasteiger partial charge is 0.384 e. The lowest BCUT2D eigenvalue weighted by Crippen LogP contribution is -2.39. The van der Waals surface area contributed by atoms with Gasteiger partial charge in [-0.1, -0.05) is 0 Å². The molecule has 3 nitrogen and oxygen atoms in total. The minimum atomic E-state index is -4.86. The van der Waals surface area contributed by atoms with E-state index in [1.54, 1.807) is 16.8 Å². The third-order valence-electron chi connectivity index (χ3n) is 3.27. The van der Waals surface area contributed by atoms with Crippen LogP contribution in [0.1, 0.15) is 28.4 Å². The van der Waals surface area contributed by atoms with Gasteiger partial charge in [0.2, 0.25) is 0 Å². The largest absolute Gasteiger partial charge is 0.417 e. The molecule has 0 fully saturated rings. The van der Waals surface area contributed by atoms with Gasteiger partial charge < -0.3 is 10.4 Å². The Balaban J connectivity index is 2.19. The second kappa shape index (κ2) is 6.29. The number of aliphatic hydroxyl groups is 1. The lowest BCUT2D eigenvalue weighted by molar-refractivity contribution is -0.138. The first kappa shape index (κ1) is 17.4. The lowest BCUT2D eigenvalue weighted by Gasteiger charge is -2.23. The van der Waals surface area contributed by atoms with E-state index in [4.69, 9.17) is 0 Å². The van der Waals surface area contributed by atoms with Gasteiger partial charge in [0.15, 0.2) is 0 Å². The zero-order chi connectivity index (χ0) is 17.3. The van der Waals surface area contributed by atoms with Gasteiger partial charge in [0.25, 0.3) is 5.91 Å². The molecular weight excluding hydrogens is 334 g/mol. The van der Waals surface area contributed by atoms with Gasteiger partial charge in [-0.05, 0) is 47.5 Å². The topological polar surface area (TPSA) is 49.3 Å². The van der Waals surface area contributed by atoms with Crippen molar-refractivity contribution in [2.24, 2.45) is 0 Å². The highest BCUT2D eigenvalue weighted by Gasteiger charge is 2.36. The normalized spacial score (nSPS) is 14.3. The van der Waals surface area contributed by atoms with Crippen LogP contribution in [0.25, 0.3) is 0 Å². The maximum atomic E-state index is 13.0. The molecule has 1 aromatic carbocycles. The standard InChI is InChI=1S/C15H13F4NO2S/c1-14(22,9-4-5-23-7-9)8-20-13(21)11-3-2-10(16)6-12(11)15(17,18)19/h2-7,22H,8H2,1H3,(H,20,21). The summed E-state index contributed by atoms with van der Waals surface area (Å²) in [5, 5.41) is 15.9. The van der Waals surface area contributed by atoms with Gasteiger partial charge in [-0.15, -0.1) is 0 Å². The molecule has 124 valence electrons. The zero-order valence-electron chi connectivity index (χ0n) is 11.9. The number of halogens is 4. The summed E-state index contributed by atoms with van der Waals surface area (Å²) in [7, 11) is 0. The van der Waals surface area contributed by atoms with Gasteiger partial charge in [0.1, 0.15) is 11.4 Å². The first-order valence-corrected chi connectivity index (χ1v) is 7.45. The molecule has 0 saturated heterocycles. The van der Waals surface area contributed by atoms with Crippen LogP contribution in [0, 0.1) is 5.82 Å². The summed E-state index contributed by atoms with van der Waals surface area (Å²) in [6.07, 6.45) is -4.86. The Morgan fingerprint density at radius 2 is 2.00 bits per heavy atom. The monoisotopic (exact) mass is 347 g/mol. The highest BCUT2D eigenvalue weighted by molar-refractivity contribution is 7.08. The van der Waals surface area contributed by atoms with Gasteiger partial charge in [0.05, 0.1) is 17.7 Å². The highest BCUT2D eigenvalue weighted by atomic mass is 32.1.